The summed E-state index contributed by atoms with van der Waals surface area (Å²) < 4.78 is 5.36. The number of nitro benzene ring substituents is 1. The van der Waals surface area contributed by atoms with Crippen molar-refractivity contribution in [1.29, 1.82) is 0 Å². The van der Waals surface area contributed by atoms with Crippen molar-refractivity contribution in [2.24, 2.45) is 0 Å². The van der Waals surface area contributed by atoms with Gasteiger partial charge in [0.2, 0.25) is 5.89 Å². The summed E-state index contributed by atoms with van der Waals surface area (Å²) >= 11 is 0. The van der Waals surface area contributed by atoms with Crippen molar-refractivity contribution >= 4 is 11.4 Å². The zero-order valence-corrected chi connectivity index (χ0v) is 13.5. The van der Waals surface area contributed by atoms with Crippen molar-refractivity contribution in [3.63, 3.8) is 0 Å². The van der Waals surface area contributed by atoms with Gasteiger partial charge in [0.15, 0.2) is 5.82 Å². The van der Waals surface area contributed by atoms with Crippen LogP contribution < -0.4 is 4.90 Å². The summed E-state index contributed by atoms with van der Waals surface area (Å²) in [6.07, 6.45) is 1.41. The van der Waals surface area contributed by atoms with E-state index in [0.29, 0.717) is 24.7 Å². The van der Waals surface area contributed by atoms with Gasteiger partial charge in [-0.3, -0.25) is 10.1 Å². The summed E-state index contributed by atoms with van der Waals surface area (Å²) in [6.45, 7) is 1.29. The zero-order valence-electron chi connectivity index (χ0n) is 13.5. The Bertz CT molecular complexity index is 908. The first-order valence-electron chi connectivity index (χ1n) is 8.07. The topological polar surface area (TPSA) is 85.3 Å². The number of non-ortho nitro benzene ring substituents is 1. The number of hydrogen-bond acceptors (Lipinski definition) is 6. The molecule has 4 rings (SSSR count). The normalized spacial score (nSPS) is 13.0. The van der Waals surface area contributed by atoms with Gasteiger partial charge in [0.05, 0.1) is 11.5 Å². The molecule has 7 heteroatoms. The van der Waals surface area contributed by atoms with E-state index in [0.717, 1.165) is 29.8 Å². The first-order valence-corrected chi connectivity index (χ1v) is 8.07. The molecule has 0 aliphatic carbocycles. The van der Waals surface area contributed by atoms with Crippen LogP contribution in [0.4, 0.5) is 11.4 Å². The van der Waals surface area contributed by atoms with E-state index in [2.05, 4.69) is 15.0 Å². The smallest absolute Gasteiger partial charge is 0.269 e. The lowest BCUT2D eigenvalue weighted by atomic mass is 10.1. The molecule has 1 aliphatic heterocycles. The zero-order chi connectivity index (χ0) is 17.2. The Kier molecular flexibility index (Phi) is 3.89. The number of anilines is 1. The molecule has 0 atom stereocenters. The average molecular weight is 336 g/mol. The fourth-order valence-corrected chi connectivity index (χ4v) is 3.10. The van der Waals surface area contributed by atoms with Crippen molar-refractivity contribution in [1.82, 2.24) is 10.1 Å². The molecule has 25 heavy (non-hydrogen) atoms. The molecule has 7 nitrogen and oxygen atoms in total. The molecule has 2 heterocycles. The summed E-state index contributed by atoms with van der Waals surface area (Å²) in [7, 11) is 0. The van der Waals surface area contributed by atoms with E-state index >= 15 is 0 Å². The van der Waals surface area contributed by atoms with E-state index in [9.17, 15) is 10.1 Å². The Hall–Kier alpha value is -3.22. The molecule has 0 N–H and O–H groups in total. The molecule has 0 bridgehead atoms. The molecule has 0 unspecified atom stereocenters. The quantitative estimate of drug-likeness (QED) is 0.525. The predicted octanol–water partition coefficient (Wildman–Crippen LogP) is 3.13. The van der Waals surface area contributed by atoms with Crippen molar-refractivity contribution < 1.29 is 9.45 Å². The van der Waals surface area contributed by atoms with Crippen molar-refractivity contribution in [3.05, 3.63) is 81.5 Å². The third-order valence-corrected chi connectivity index (χ3v) is 4.31. The highest BCUT2D eigenvalue weighted by Gasteiger charge is 2.23. The summed E-state index contributed by atoms with van der Waals surface area (Å²) in [5.41, 5.74) is 3.24. The molecule has 3 aromatic rings. The summed E-state index contributed by atoms with van der Waals surface area (Å²) in [5.74, 6) is 1.21. The van der Waals surface area contributed by atoms with E-state index < -0.39 is 0 Å². The molecule has 1 aromatic heterocycles. The molecule has 0 saturated carbocycles. The van der Waals surface area contributed by atoms with Crippen LogP contribution in [0.3, 0.4) is 0 Å². The number of hydrogen-bond donors (Lipinski definition) is 0. The van der Waals surface area contributed by atoms with Gasteiger partial charge in [0.1, 0.15) is 0 Å². The van der Waals surface area contributed by atoms with Crippen LogP contribution in [0.2, 0.25) is 0 Å². The number of fused-ring (bicyclic) bond motifs is 1. The minimum absolute atomic E-state index is 0.128. The van der Waals surface area contributed by atoms with E-state index in [1.54, 1.807) is 12.1 Å². The number of benzene rings is 2. The van der Waals surface area contributed by atoms with Gasteiger partial charge < -0.3 is 9.42 Å². The highest BCUT2D eigenvalue weighted by Crippen LogP contribution is 2.32. The van der Waals surface area contributed by atoms with Crippen molar-refractivity contribution in [3.8, 4) is 0 Å². The standard InChI is InChI=1S/C18H16N4O3/c23-22(24)15-6-7-16-14(11-15)8-9-21(16)12-18-19-17(20-25-18)10-13-4-2-1-3-5-13/h1-7,11H,8-10,12H2. The number of nitrogens with zero attached hydrogens (tertiary/aromatic N) is 4. The maximum absolute atomic E-state index is 10.9. The fourth-order valence-electron chi connectivity index (χ4n) is 3.10. The molecule has 0 radical (unpaired) electrons. The van der Waals surface area contributed by atoms with E-state index in [4.69, 9.17) is 4.52 Å². The fraction of sp³-hybridized carbons (Fsp3) is 0.222. The highest BCUT2D eigenvalue weighted by molar-refractivity contribution is 5.61. The number of nitro groups is 1. The second-order valence-electron chi connectivity index (χ2n) is 6.01. The van der Waals surface area contributed by atoms with Gasteiger partial charge in [0.25, 0.3) is 5.69 Å². The lowest BCUT2D eigenvalue weighted by Gasteiger charge is -2.16. The average Bonchev–Trinajstić information content (AvgIpc) is 3.23. The van der Waals surface area contributed by atoms with Gasteiger partial charge in [-0.2, -0.15) is 4.98 Å². The minimum atomic E-state index is -0.364. The Morgan fingerprint density at radius 1 is 1.20 bits per heavy atom. The first-order chi connectivity index (χ1) is 12.2. The van der Waals surface area contributed by atoms with E-state index in [1.807, 2.05) is 30.3 Å². The summed E-state index contributed by atoms with van der Waals surface area (Å²) in [6, 6.07) is 15.0. The molecule has 0 saturated heterocycles. The van der Waals surface area contributed by atoms with Gasteiger partial charge in [-0.25, -0.2) is 0 Å². The van der Waals surface area contributed by atoms with E-state index in [-0.39, 0.29) is 10.6 Å². The lowest BCUT2D eigenvalue weighted by molar-refractivity contribution is -0.384. The Balaban J connectivity index is 1.47. The molecule has 0 spiro atoms. The molecule has 126 valence electrons. The van der Waals surface area contributed by atoms with Gasteiger partial charge in [-0.15, -0.1) is 0 Å². The van der Waals surface area contributed by atoms with Crippen molar-refractivity contribution in [2.45, 2.75) is 19.4 Å². The monoisotopic (exact) mass is 336 g/mol. The van der Waals surface area contributed by atoms with Gasteiger partial charge >= 0.3 is 0 Å². The first kappa shape index (κ1) is 15.3. The van der Waals surface area contributed by atoms with Crippen molar-refractivity contribution in [2.75, 3.05) is 11.4 Å². The number of aromatic nitrogens is 2. The van der Waals surface area contributed by atoms with Crippen LogP contribution in [0.5, 0.6) is 0 Å². The van der Waals surface area contributed by atoms with Gasteiger partial charge in [0, 0.05) is 30.8 Å². The molecule has 2 aromatic carbocycles. The third kappa shape index (κ3) is 3.21. The lowest BCUT2D eigenvalue weighted by Crippen LogP contribution is -2.19. The Morgan fingerprint density at radius 2 is 2.04 bits per heavy atom. The van der Waals surface area contributed by atoms with Gasteiger partial charge in [-0.05, 0) is 23.6 Å². The van der Waals surface area contributed by atoms with Crippen LogP contribution in [-0.4, -0.2) is 21.6 Å². The second kappa shape index (κ2) is 6.35. The molecule has 1 aliphatic rings. The largest absolute Gasteiger partial charge is 0.362 e. The third-order valence-electron chi connectivity index (χ3n) is 4.31. The van der Waals surface area contributed by atoms with Crippen LogP contribution in [0.25, 0.3) is 0 Å². The Labute approximate surface area is 144 Å². The van der Waals surface area contributed by atoms with E-state index in [1.165, 1.54) is 6.07 Å². The van der Waals surface area contributed by atoms with Crippen LogP contribution in [-0.2, 0) is 19.4 Å². The van der Waals surface area contributed by atoms with Crippen LogP contribution in [0.15, 0.2) is 53.1 Å². The Morgan fingerprint density at radius 3 is 2.84 bits per heavy atom. The summed E-state index contributed by atoms with van der Waals surface area (Å²) in [5, 5.41) is 14.9. The SMILES string of the molecule is O=[N+]([O-])c1ccc2c(c1)CCN2Cc1nc(Cc2ccccc2)no1. The molecule has 0 fully saturated rings. The van der Waals surface area contributed by atoms with Gasteiger partial charge in [-0.1, -0.05) is 35.5 Å². The predicted molar refractivity (Wildman–Crippen MR) is 91.4 cm³/mol. The maximum atomic E-state index is 10.9. The van der Waals surface area contributed by atoms with Crippen LogP contribution >= 0.6 is 0 Å². The summed E-state index contributed by atoms with van der Waals surface area (Å²) in [4.78, 5) is 17.1. The molecular formula is C18H16N4O3. The second-order valence-corrected chi connectivity index (χ2v) is 6.01. The highest BCUT2D eigenvalue weighted by atomic mass is 16.6. The minimum Gasteiger partial charge on any atom is -0.362 e. The molecule has 0 amide bonds. The maximum Gasteiger partial charge on any atom is 0.269 e. The molecular weight excluding hydrogens is 320 g/mol. The van der Waals surface area contributed by atoms with Crippen LogP contribution in [0, 0.1) is 10.1 Å². The van der Waals surface area contributed by atoms with Crippen LogP contribution in [0.1, 0.15) is 22.8 Å². The number of rotatable bonds is 5.